The number of benzene rings is 1. The number of rotatable bonds is 4. The van der Waals surface area contributed by atoms with E-state index in [2.05, 4.69) is 49.7 Å². The third kappa shape index (κ3) is 2.50. The normalized spacial score (nSPS) is 11.1. The lowest BCUT2D eigenvalue weighted by Gasteiger charge is -2.13. The van der Waals surface area contributed by atoms with Crippen LogP contribution in [0.2, 0.25) is 0 Å². The van der Waals surface area contributed by atoms with Crippen molar-refractivity contribution in [3.63, 3.8) is 0 Å². The Hall–Kier alpha value is -3.22. The lowest BCUT2D eigenvalue weighted by Crippen LogP contribution is -2.10. The average molecular weight is 319 g/mol. The van der Waals surface area contributed by atoms with Crippen molar-refractivity contribution in [2.45, 2.75) is 20.4 Å². The summed E-state index contributed by atoms with van der Waals surface area (Å²) in [6.45, 7) is 4.71. The molecule has 0 radical (unpaired) electrons. The SMILES string of the molecule is Cc1nc2ncnn2c(NCc2ccc(-n3cccn3)cc2)c1C. The fraction of sp³-hybridized carbons (Fsp3) is 0.176. The highest BCUT2D eigenvalue weighted by Gasteiger charge is 2.10. The zero-order chi connectivity index (χ0) is 16.5. The number of fused-ring (bicyclic) bond motifs is 1. The van der Waals surface area contributed by atoms with Gasteiger partial charge in [0.25, 0.3) is 5.78 Å². The van der Waals surface area contributed by atoms with Crippen molar-refractivity contribution in [2.75, 3.05) is 5.32 Å². The highest BCUT2D eigenvalue weighted by molar-refractivity contribution is 5.52. The van der Waals surface area contributed by atoms with Crippen LogP contribution in [0.15, 0.2) is 49.1 Å². The summed E-state index contributed by atoms with van der Waals surface area (Å²) in [5.41, 5.74) is 4.24. The van der Waals surface area contributed by atoms with Gasteiger partial charge in [0.05, 0.1) is 5.69 Å². The van der Waals surface area contributed by atoms with Gasteiger partial charge in [0.1, 0.15) is 12.1 Å². The van der Waals surface area contributed by atoms with Crippen molar-refractivity contribution in [2.24, 2.45) is 0 Å². The molecule has 3 heterocycles. The van der Waals surface area contributed by atoms with Gasteiger partial charge in [-0.2, -0.15) is 19.7 Å². The maximum absolute atomic E-state index is 4.43. The van der Waals surface area contributed by atoms with E-state index in [0.717, 1.165) is 22.8 Å². The zero-order valence-electron chi connectivity index (χ0n) is 13.5. The lowest BCUT2D eigenvalue weighted by molar-refractivity contribution is 0.878. The van der Waals surface area contributed by atoms with Crippen LogP contribution in [-0.2, 0) is 6.54 Å². The molecule has 0 aliphatic heterocycles. The molecule has 0 atom stereocenters. The predicted octanol–water partition coefficient (Wildman–Crippen LogP) is 2.54. The van der Waals surface area contributed by atoms with E-state index in [1.165, 1.54) is 11.9 Å². The van der Waals surface area contributed by atoms with Gasteiger partial charge >= 0.3 is 0 Å². The number of nitrogens with one attached hydrogen (secondary N) is 1. The summed E-state index contributed by atoms with van der Waals surface area (Å²) in [6, 6.07) is 10.2. The van der Waals surface area contributed by atoms with Crippen LogP contribution in [-0.4, -0.2) is 29.4 Å². The molecule has 0 saturated carbocycles. The van der Waals surface area contributed by atoms with E-state index in [1.54, 1.807) is 10.7 Å². The van der Waals surface area contributed by atoms with Gasteiger partial charge in [0, 0.05) is 30.2 Å². The Morgan fingerprint density at radius 3 is 2.67 bits per heavy atom. The Bertz CT molecular complexity index is 968. The molecule has 0 aliphatic rings. The van der Waals surface area contributed by atoms with Crippen LogP contribution < -0.4 is 5.32 Å². The minimum Gasteiger partial charge on any atom is -0.366 e. The first-order valence-electron chi connectivity index (χ1n) is 7.72. The molecule has 4 aromatic rings. The van der Waals surface area contributed by atoms with E-state index in [0.29, 0.717) is 12.3 Å². The van der Waals surface area contributed by atoms with Gasteiger partial charge in [-0.1, -0.05) is 12.1 Å². The monoisotopic (exact) mass is 319 g/mol. The molecule has 0 amide bonds. The highest BCUT2D eigenvalue weighted by atomic mass is 15.4. The van der Waals surface area contributed by atoms with Crippen molar-refractivity contribution in [1.82, 2.24) is 29.4 Å². The summed E-state index contributed by atoms with van der Waals surface area (Å²) in [6.07, 6.45) is 5.22. The van der Waals surface area contributed by atoms with Crippen molar-refractivity contribution >= 4 is 11.6 Å². The van der Waals surface area contributed by atoms with Crippen molar-refractivity contribution in [3.05, 3.63) is 65.9 Å². The molecule has 1 aromatic carbocycles. The molecule has 7 heteroatoms. The molecule has 7 nitrogen and oxygen atoms in total. The van der Waals surface area contributed by atoms with Crippen LogP contribution in [0.4, 0.5) is 5.82 Å². The van der Waals surface area contributed by atoms with Gasteiger partial charge in [0.15, 0.2) is 0 Å². The summed E-state index contributed by atoms with van der Waals surface area (Å²) in [7, 11) is 0. The minimum atomic E-state index is 0.606. The topological polar surface area (TPSA) is 72.9 Å². The quantitative estimate of drug-likeness (QED) is 0.626. The lowest BCUT2D eigenvalue weighted by atomic mass is 10.2. The van der Waals surface area contributed by atoms with E-state index in [9.17, 15) is 0 Å². The van der Waals surface area contributed by atoms with E-state index in [-0.39, 0.29) is 0 Å². The van der Waals surface area contributed by atoms with Crippen LogP contribution in [0, 0.1) is 13.8 Å². The summed E-state index contributed by atoms with van der Waals surface area (Å²) < 4.78 is 3.58. The van der Waals surface area contributed by atoms with E-state index in [1.807, 2.05) is 30.8 Å². The number of aromatic nitrogens is 6. The van der Waals surface area contributed by atoms with Crippen LogP contribution >= 0.6 is 0 Å². The standard InChI is InChI=1S/C17H17N7/c1-12-13(2)22-17-19-11-21-24(17)16(12)18-10-14-4-6-15(7-5-14)23-9-3-8-20-23/h3-9,11,18H,10H2,1-2H3. The molecule has 0 fully saturated rings. The van der Waals surface area contributed by atoms with E-state index in [4.69, 9.17) is 0 Å². The van der Waals surface area contributed by atoms with Gasteiger partial charge < -0.3 is 5.32 Å². The molecular weight excluding hydrogens is 302 g/mol. The minimum absolute atomic E-state index is 0.606. The van der Waals surface area contributed by atoms with Crippen molar-refractivity contribution < 1.29 is 0 Å². The van der Waals surface area contributed by atoms with E-state index >= 15 is 0 Å². The first-order chi connectivity index (χ1) is 11.7. The van der Waals surface area contributed by atoms with Crippen LogP contribution in [0.1, 0.15) is 16.8 Å². The summed E-state index contributed by atoms with van der Waals surface area (Å²) in [4.78, 5) is 8.60. The van der Waals surface area contributed by atoms with Crippen LogP contribution in [0.25, 0.3) is 11.5 Å². The molecule has 0 saturated heterocycles. The first-order valence-corrected chi connectivity index (χ1v) is 7.72. The Morgan fingerprint density at radius 2 is 1.92 bits per heavy atom. The predicted molar refractivity (Wildman–Crippen MR) is 91.1 cm³/mol. The van der Waals surface area contributed by atoms with Crippen molar-refractivity contribution in [3.8, 4) is 5.69 Å². The molecule has 0 bridgehead atoms. The second kappa shape index (κ2) is 5.77. The Morgan fingerprint density at radius 1 is 1.08 bits per heavy atom. The maximum Gasteiger partial charge on any atom is 0.254 e. The molecular formula is C17H17N7. The molecule has 120 valence electrons. The Kier molecular flexibility index (Phi) is 3.45. The summed E-state index contributed by atoms with van der Waals surface area (Å²) >= 11 is 0. The van der Waals surface area contributed by atoms with Gasteiger partial charge in [-0.15, -0.1) is 0 Å². The van der Waals surface area contributed by atoms with Crippen LogP contribution in [0.3, 0.4) is 0 Å². The molecule has 1 N–H and O–H groups in total. The van der Waals surface area contributed by atoms with E-state index < -0.39 is 0 Å². The second-order valence-electron chi connectivity index (χ2n) is 5.61. The molecule has 0 spiro atoms. The fourth-order valence-corrected chi connectivity index (χ4v) is 2.61. The largest absolute Gasteiger partial charge is 0.366 e. The molecule has 3 aromatic heterocycles. The maximum atomic E-state index is 4.43. The van der Waals surface area contributed by atoms with Gasteiger partial charge in [0.2, 0.25) is 0 Å². The van der Waals surface area contributed by atoms with Gasteiger partial charge in [-0.25, -0.2) is 9.67 Å². The zero-order valence-corrected chi connectivity index (χ0v) is 13.5. The number of hydrogen-bond donors (Lipinski definition) is 1. The second-order valence-corrected chi connectivity index (χ2v) is 5.61. The molecule has 0 aliphatic carbocycles. The third-order valence-electron chi connectivity index (χ3n) is 4.07. The fourth-order valence-electron chi connectivity index (χ4n) is 2.61. The molecule has 4 rings (SSSR count). The summed E-state index contributed by atoms with van der Waals surface area (Å²) in [5, 5.41) is 11.9. The number of hydrogen-bond acceptors (Lipinski definition) is 5. The van der Waals surface area contributed by atoms with Crippen molar-refractivity contribution in [1.29, 1.82) is 0 Å². The smallest absolute Gasteiger partial charge is 0.254 e. The molecule has 0 unspecified atom stereocenters. The van der Waals surface area contributed by atoms with Crippen LogP contribution in [0.5, 0.6) is 0 Å². The van der Waals surface area contributed by atoms with Gasteiger partial charge in [-0.05, 0) is 37.6 Å². The Labute approximate surface area is 139 Å². The number of aryl methyl sites for hydroxylation is 1. The number of anilines is 1. The average Bonchev–Trinajstić information content (AvgIpc) is 3.27. The summed E-state index contributed by atoms with van der Waals surface area (Å²) in [5.74, 6) is 1.53. The van der Waals surface area contributed by atoms with Gasteiger partial charge in [-0.3, -0.25) is 0 Å². The Balaban J connectivity index is 1.57. The first kappa shape index (κ1) is 14.4. The highest BCUT2D eigenvalue weighted by Crippen LogP contribution is 2.19. The third-order valence-corrected chi connectivity index (χ3v) is 4.07. The number of nitrogens with zero attached hydrogens (tertiary/aromatic N) is 6. The molecule has 24 heavy (non-hydrogen) atoms.